The molecule has 86 valence electrons. The molecule has 0 spiro atoms. The molecule has 1 aliphatic heterocycles. The van der Waals surface area contributed by atoms with Gasteiger partial charge in [-0.05, 0) is 24.6 Å². The minimum absolute atomic E-state index is 0.656. The van der Waals surface area contributed by atoms with Gasteiger partial charge in [-0.3, -0.25) is 4.90 Å². The lowest BCUT2D eigenvalue weighted by molar-refractivity contribution is 0.371. The third kappa shape index (κ3) is 2.71. The fraction of sp³-hybridized carbons (Fsp3) is 0.429. The number of likely N-dealkylation sites (tertiary alicyclic amines) is 1. The fourth-order valence-electron chi connectivity index (χ4n) is 2.25. The highest BCUT2D eigenvalue weighted by atomic mass is 15.2. The molecule has 1 aliphatic rings. The predicted molar refractivity (Wildman–Crippen MR) is 69.4 cm³/mol. The van der Waals surface area contributed by atoms with E-state index in [-0.39, 0.29) is 0 Å². The van der Waals surface area contributed by atoms with Crippen LogP contribution in [0.3, 0.4) is 0 Å². The standard InChI is InChI=1S/C14H20N2/c1-12(13-6-4-3-5-7-13)10-16-9-8-14(11-16)15-2/h3-7,14-15H,1,8-11H2,2H3. The molecule has 0 amide bonds. The summed E-state index contributed by atoms with van der Waals surface area (Å²) in [6.07, 6.45) is 1.25. The largest absolute Gasteiger partial charge is 0.316 e. The fourth-order valence-corrected chi connectivity index (χ4v) is 2.25. The number of nitrogens with zero attached hydrogens (tertiary/aromatic N) is 1. The Balaban J connectivity index is 1.89. The van der Waals surface area contributed by atoms with Crippen LogP contribution in [0.25, 0.3) is 5.57 Å². The Labute approximate surface area is 98.0 Å². The van der Waals surface area contributed by atoms with Gasteiger partial charge in [0.15, 0.2) is 0 Å². The molecule has 0 aliphatic carbocycles. The van der Waals surface area contributed by atoms with Crippen LogP contribution in [0.5, 0.6) is 0 Å². The van der Waals surface area contributed by atoms with Gasteiger partial charge in [-0.15, -0.1) is 0 Å². The van der Waals surface area contributed by atoms with Gasteiger partial charge >= 0.3 is 0 Å². The van der Waals surface area contributed by atoms with Crippen LogP contribution in [-0.2, 0) is 0 Å². The smallest absolute Gasteiger partial charge is 0.0234 e. The first-order chi connectivity index (χ1) is 7.79. The van der Waals surface area contributed by atoms with E-state index < -0.39 is 0 Å². The van der Waals surface area contributed by atoms with Crippen LogP contribution in [-0.4, -0.2) is 37.6 Å². The molecular weight excluding hydrogens is 196 g/mol. The normalized spacial score (nSPS) is 21.2. The second kappa shape index (κ2) is 5.28. The highest BCUT2D eigenvalue weighted by Crippen LogP contribution is 2.16. The molecule has 1 N–H and O–H groups in total. The molecule has 1 heterocycles. The third-order valence-electron chi connectivity index (χ3n) is 3.28. The van der Waals surface area contributed by atoms with Gasteiger partial charge in [0, 0.05) is 25.7 Å². The van der Waals surface area contributed by atoms with Gasteiger partial charge in [-0.25, -0.2) is 0 Å². The van der Waals surface area contributed by atoms with Crippen molar-refractivity contribution in [3.05, 3.63) is 42.5 Å². The van der Waals surface area contributed by atoms with E-state index in [9.17, 15) is 0 Å². The first kappa shape index (κ1) is 11.4. The van der Waals surface area contributed by atoms with Crippen molar-refractivity contribution in [3.8, 4) is 0 Å². The van der Waals surface area contributed by atoms with Gasteiger partial charge in [0.05, 0.1) is 0 Å². The van der Waals surface area contributed by atoms with E-state index >= 15 is 0 Å². The van der Waals surface area contributed by atoms with E-state index in [1.165, 1.54) is 24.1 Å². The number of rotatable bonds is 4. The van der Waals surface area contributed by atoms with Crippen LogP contribution < -0.4 is 5.32 Å². The molecule has 2 rings (SSSR count). The summed E-state index contributed by atoms with van der Waals surface area (Å²) in [7, 11) is 2.04. The molecular formula is C14H20N2. The van der Waals surface area contributed by atoms with Crippen molar-refractivity contribution in [1.82, 2.24) is 10.2 Å². The second-order valence-corrected chi connectivity index (χ2v) is 4.48. The highest BCUT2D eigenvalue weighted by Gasteiger charge is 2.20. The molecule has 2 heteroatoms. The van der Waals surface area contributed by atoms with E-state index in [2.05, 4.69) is 41.1 Å². The van der Waals surface area contributed by atoms with Gasteiger partial charge in [0.2, 0.25) is 0 Å². The quantitative estimate of drug-likeness (QED) is 0.828. The summed E-state index contributed by atoms with van der Waals surface area (Å²) >= 11 is 0. The summed E-state index contributed by atoms with van der Waals surface area (Å²) in [6.45, 7) is 7.48. The van der Waals surface area contributed by atoms with Crippen molar-refractivity contribution in [2.75, 3.05) is 26.7 Å². The van der Waals surface area contributed by atoms with Crippen molar-refractivity contribution < 1.29 is 0 Å². The molecule has 0 radical (unpaired) electrons. The second-order valence-electron chi connectivity index (χ2n) is 4.48. The third-order valence-corrected chi connectivity index (χ3v) is 3.28. The van der Waals surface area contributed by atoms with Gasteiger partial charge < -0.3 is 5.32 Å². The number of likely N-dealkylation sites (N-methyl/N-ethyl adjacent to an activating group) is 1. The predicted octanol–water partition coefficient (Wildman–Crippen LogP) is 1.99. The summed E-state index contributed by atoms with van der Waals surface area (Å²) in [6, 6.07) is 11.1. The Bertz CT molecular complexity index is 345. The zero-order valence-corrected chi connectivity index (χ0v) is 9.95. The Hall–Kier alpha value is -1.12. The van der Waals surface area contributed by atoms with E-state index in [0.717, 1.165) is 13.1 Å². The maximum Gasteiger partial charge on any atom is 0.0234 e. The molecule has 1 aromatic carbocycles. The van der Waals surface area contributed by atoms with Gasteiger partial charge in [-0.1, -0.05) is 36.9 Å². The van der Waals surface area contributed by atoms with Gasteiger partial charge in [-0.2, -0.15) is 0 Å². The number of nitrogens with one attached hydrogen (secondary N) is 1. The van der Waals surface area contributed by atoms with Crippen LogP contribution in [0.1, 0.15) is 12.0 Å². The number of hydrogen-bond acceptors (Lipinski definition) is 2. The zero-order chi connectivity index (χ0) is 11.4. The summed E-state index contributed by atoms with van der Waals surface area (Å²) < 4.78 is 0. The van der Waals surface area contributed by atoms with Crippen LogP contribution in [0, 0.1) is 0 Å². The summed E-state index contributed by atoms with van der Waals surface area (Å²) in [5.74, 6) is 0. The first-order valence-electron chi connectivity index (χ1n) is 5.92. The molecule has 1 unspecified atom stereocenters. The van der Waals surface area contributed by atoms with Crippen molar-refractivity contribution >= 4 is 5.57 Å². The molecule has 1 aromatic rings. The van der Waals surface area contributed by atoms with E-state index in [1.54, 1.807) is 0 Å². The Morgan fingerprint density at radius 3 is 2.81 bits per heavy atom. The molecule has 0 bridgehead atoms. The Morgan fingerprint density at radius 2 is 2.19 bits per heavy atom. The number of hydrogen-bond donors (Lipinski definition) is 1. The highest BCUT2D eigenvalue weighted by molar-refractivity contribution is 5.64. The maximum atomic E-state index is 4.18. The monoisotopic (exact) mass is 216 g/mol. The molecule has 16 heavy (non-hydrogen) atoms. The van der Waals surface area contributed by atoms with Gasteiger partial charge in [0.25, 0.3) is 0 Å². The summed E-state index contributed by atoms with van der Waals surface area (Å²) in [5.41, 5.74) is 2.48. The molecule has 1 fully saturated rings. The molecule has 0 aromatic heterocycles. The first-order valence-corrected chi connectivity index (χ1v) is 5.92. The van der Waals surface area contributed by atoms with Gasteiger partial charge in [0.1, 0.15) is 0 Å². The summed E-state index contributed by atoms with van der Waals surface area (Å²) in [4.78, 5) is 2.47. The molecule has 2 nitrogen and oxygen atoms in total. The van der Waals surface area contributed by atoms with Crippen molar-refractivity contribution in [1.29, 1.82) is 0 Å². The lowest BCUT2D eigenvalue weighted by Crippen LogP contribution is -2.30. The van der Waals surface area contributed by atoms with Crippen LogP contribution in [0.4, 0.5) is 0 Å². The van der Waals surface area contributed by atoms with E-state index in [1.807, 2.05) is 13.1 Å². The maximum absolute atomic E-state index is 4.18. The lowest BCUT2D eigenvalue weighted by atomic mass is 10.1. The molecule has 1 atom stereocenters. The van der Waals surface area contributed by atoms with Crippen molar-refractivity contribution in [3.63, 3.8) is 0 Å². The minimum Gasteiger partial charge on any atom is -0.316 e. The SMILES string of the molecule is C=C(CN1CCC(NC)C1)c1ccccc1. The summed E-state index contributed by atoms with van der Waals surface area (Å²) in [5, 5.41) is 3.34. The number of benzene rings is 1. The lowest BCUT2D eigenvalue weighted by Gasteiger charge is -2.17. The van der Waals surface area contributed by atoms with E-state index in [4.69, 9.17) is 0 Å². The average Bonchev–Trinajstić information content (AvgIpc) is 2.78. The minimum atomic E-state index is 0.656. The topological polar surface area (TPSA) is 15.3 Å². The van der Waals surface area contributed by atoms with Crippen molar-refractivity contribution in [2.24, 2.45) is 0 Å². The van der Waals surface area contributed by atoms with Crippen molar-refractivity contribution in [2.45, 2.75) is 12.5 Å². The van der Waals surface area contributed by atoms with Crippen LogP contribution >= 0.6 is 0 Å². The molecule has 0 saturated carbocycles. The van der Waals surface area contributed by atoms with Crippen LogP contribution in [0.15, 0.2) is 36.9 Å². The Morgan fingerprint density at radius 1 is 1.44 bits per heavy atom. The average molecular weight is 216 g/mol. The molecule has 1 saturated heterocycles. The van der Waals surface area contributed by atoms with Crippen LogP contribution in [0.2, 0.25) is 0 Å². The Kier molecular flexibility index (Phi) is 3.75. The van der Waals surface area contributed by atoms with E-state index in [0.29, 0.717) is 6.04 Å². The zero-order valence-electron chi connectivity index (χ0n) is 9.95.